The second-order valence-corrected chi connectivity index (χ2v) is 23.0. The first-order valence-corrected chi connectivity index (χ1v) is 23.7. The Labute approximate surface area is 365 Å². The van der Waals surface area contributed by atoms with Gasteiger partial charge in [-0.05, 0) is 122 Å². The average Bonchev–Trinajstić information content (AvgIpc) is 4.04. The number of hydrogen-bond donors (Lipinski definition) is 9. The largest absolute Gasteiger partial charge is 0.481 e. The summed E-state index contributed by atoms with van der Waals surface area (Å²) in [5.41, 5.74) is -1.76. The number of amides is 1. The van der Waals surface area contributed by atoms with Crippen molar-refractivity contribution in [3.63, 3.8) is 0 Å². The highest BCUT2D eigenvalue weighted by Gasteiger charge is 2.74. The molecule has 346 valence electrons. The van der Waals surface area contributed by atoms with Crippen LogP contribution in [0.1, 0.15) is 130 Å². The number of carbonyl (C=O) groups excluding carboxylic acids is 1. The zero-order chi connectivity index (χ0) is 44.4. The second kappa shape index (κ2) is 15.3. The number of carboxylic acid groups (broad SMARTS) is 1. The van der Waals surface area contributed by atoms with Crippen molar-refractivity contribution in [3.05, 3.63) is 29.9 Å². The van der Waals surface area contributed by atoms with Crippen LogP contribution >= 0.6 is 0 Å². The zero-order valence-corrected chi connectivity index (χ0v) is 37.4. The number of hydrogen-bond acceptors (Lipinski definition) is 11. The van der Waals surface area contributed by atoms with E-state index in [1.54, 1.807) is 6.33 Å². The van der Waals surface area contributed by atoms with Gasteiger partial charge in [0.25, 0.3) is 0 Å². The molecular weight excluding hydrogens is 795 g/mol. The number of rotatable bonds is 9. The molecule has 2 aliphatic heterocycles. The van der Waals surface area contributed by atoms with Crippen LogP contribution in [0.5, 0.6) is 0 Å². The summed E-state index contributed by atoms with van der Waals surface area (Å²) in [5.74, 6) is -1.79. The van der Waals surface area contributed by atoms with Gasteiger partial charge in [0.1, 0.15) is 18.3 Å². The van der Waals surface area contributed by atoms with Gasteiger partial charge >= 0.3 is 5.97 Å². The van der Waals surface area contributed by atoms with E-state index in [1.165, 1.54) is 5.57 Å². The molecule has 0 radical (unpaired) electrons. The number of ether oxygens (including phenoxy) is 2. The molecule has 2 saturated heterocycles. The molecule has 0 unspecified atom stereocenters. The van der Waals surface area contributed by atoms with Crippen molar-refractivity contribution in [3.8, 4) is 0 Å². The Morgan fingerprint density at radius 3 is 2.31 bits per heavy atom. The van der Waals surface area contributed by atoms with Crippen LogP contribution < -0.4 is 5.32 Å². The average molecular weight is 868 g/mol. The van der Waals surface area contributed by atoms with E-state index in [0.717, 1.165) is 37.8 Å². The van der Waals surface area contributed by atoms with Crippen LogP contribution in [0.25, 0.3) is 0 Å². The molecule has 9 N–H and O–H groups in total. The van der Waals surface area contributed by atoms with Crippen LogP contribution in [0.3, 0.4) is 0 Å². The summed E-state index contributed by atoms with van der Waals surface area (Å²) < 4.78 is 12.5. The van der Waals surface area contributed by atoms with Crippen molar-refractivity contribution >= 4 is 11.9 Å². The van der Waals surface area contributed by atoms with Gasteiger partial charge < -0.3 is 55.5 Å². The van der Waals surface area contributed by atoms with E-state index in [1.807, 2.05) is 13.1 Å². The second-order valence-electron chi connectivity index (χ2n) is 23.0. The third-order valence-electron chi connectivity index (χ3n) is 20.4. The van der Waals surface area contributed by atoms with Gasteiger partial charge in [0.2, 0.25) is 5.91 Å². The maximum Gasteiger partial charge on any atom is 0.310 e. The zero-order valence-electron chi connectivity index (χ0n) is 37.4. The van der Waals surface area contributed by atoms with E-state index < -0.39 is 64.9 Å². The SMILES string of the molecule is C[C@]1(CO)CC[C@]2(C(=O)O)CC[C@]3(C)C(=CC[C@@H]4[C@@]5(C)[C@H](C[C@H]6CC(=O)N[C@@H]6C6(c7cnc[nH]7)CCCC6)[C@@H](O)[C@@H](O[C@@H]6OC[C@@H](O)[C@H](O)[C@H]6O)[C@@](C)(CO)[C@H]5CC[C@]43C)[C@@H]2C1. The number of aliphatic hydroxyl groups excluding tert-OH is 6. The lowest BCUT2D eigenvalue weighted by atomic mass is 9.31. The predicted molar refractivity (Wildman–Crippen MR) is 226 cm³/mol. The van der Waals surface area contributed by atoms with Gasteiger partial charge in [-0.25, -0.2) is 4.98 Å². The van der Waals surface area contributed by atoms with Gasteiger partial charge in [-0.3, -0.25) is 9.59 Å². The molecule has 8 aliphatic rings. The lowest BCUT2D eigenvalue weighted by molar-refractivity contribution is -0.340. The highest BCUT2D eigenvalue weighted by Crippen LogP contribution is 2.77. The van der Waals surface area contributed by atoms with E-state index in [4.69, 9.17) is 9.47 Å². The maximum absolute atomic E-state index is 13.7. The van der Waals surface area contributed by atoms with Crippen molar-refractivity contribution < 1.29 is 54.8 Å². The number of nitrogens with one attached hydrogen (secondary N) is 2. The van der Waals surface area contributed by atoms with Gasteiger partial charge in [0.05, 0.1) is 37.2 Å². The number of allylic oxidation sites excluding steroid dienone is 2. The topological polar surface area (TPSA) is 235 Å². The number of H-pyrrole nitrogens is 1. The molecule has 7 fully saturated rings. The molecule has 14 nitrogen and oxygen atoms in total. The molecular formula is C48H73N3O11. The van der Waals surface area contributed by atoms with E-state index >= 15 is 0 Å². The summed E-state index contributed by atoms with van der Waals surface area (Å²) in [6, 6.07) is -0.210. The van der Waals surface area contributed by atoms with Crippen molar-refractivity contribution in [2.45, 2.75) is 173 Å². The quantitative estimate of drug-likeness (QED) is 0.127. The number of aromatic amines is 1. The maximum atomic E-state index is 13.7. The molecule has 9 rings (SSSR count). The highest BCUT2D eigenvalue weighted by molar-refractivity contribution is 5.79. The third kappa shape index (κ3) is 6.12. The van der Waals surface area contributed by atoms with Crippen LogP contribution in [-0.4, -0.2) is 120 Å². The number of nitrogens with zero attached hydrogens (tertiary/aromatic N) is 1. The van der Waals surface area contributed by atoms with E-state index in [0.29, 0.717) is 57.8 Å². The Hall–Kier alpha value is -2.43. The Kier molecular flexibility index (Phi) is 11.1. The summed E-state index contributed by atoms with van der Waals surface area (Å²) in [5, 5.41) is 82.1. The first kappa shape index (κ1) is 44.8. The first-order chi connectivity index (χ1) is 29.3. The van der Waals surface area contributed by atoms with Crippen LogP contribution in [0.4, 0.5) is 0 Å². The van der Waals surface area contributed by atoms with Crippen molar-refractivity contribution in [2.75, 3.05) is 19.8 Å². The number of carbonyl (C=O) groups is 2. The van der Waals surface area contributed by atoms with E-state index in [9.17, 15) is 45.3 Å². The predicted octanol–water partition coefficient (Wildman–Crippen LogP) is 3.97. The number of carboxylic acids is 1. The first-order valence-electron chi connectivity index (χ1n) is 23.7. The Balaban J connectivity index is 1.16. The number of fused-ring (bicyclic) bond motifs is 7. The number of aliphatic carboxylic acids is 1. The number of imidazole rings is 1. The fourth-order valence-corrected chi connectivity index (χ4v) is 16.7. The minimum Gasteiger partial charge on any atom is -0.481 e. The normalized spacial score (nSPS) is 51.0. The van der Waals surface area contributed by atoms with Gasteiger partial charge in [-0.2, -0.15) is 0 Å². The molecule has 6 aliphatic carbocycles. The smallest absolute Gasteiger partial charge is 0.310 e. The van der Waals surface area contributed by atoms with Crippen molar-refractivity contribution in [1.29, 1.82) is 0 Å². The standard InChI is InChI=1S/C48H73N3O11/c1-42(23-52)14-16-47(41(59)60)17-15-44(3)27(29(47)20-42)8-9-32-45(44,4)13-10-31-43(2,24-53)39(62-40-37(58)36(57)30(54)22-61-40)35(56)28(46(31,32)5)18-26-19-34(55)51-38(26)48(11-6-7-12-48)33-21-49-25-50-33/h8,21,25-26,28-32,35-40,52-54,56-58H,6-7,9-20,22-24H2,1-5H3,(H,49,50)(H,51,55)(H,59,60)/t26-,28+,29-,30+,31+,32-,35+,36-,37+,38-,39+,40-,42-,43-,44+,45+,46-,47-/m0/s1. The molecule has 1 aromatic heterocycles. The van der Waals surface area contributed by atoms with Crippen LogP contribution in [0, 0.1) is 62.1 Å². The number of aliphatic hydroxyl groups is 6. The summed E-state index contributed by atoms with van der Waals surface area (Å²) in [6.07, 6.45) is 7.77. The Morgan fingerprint density at radius 1 is 0.919 bits per heavy atom. The summed E-state index contributed by atoms with van der Waals surface area (Å²) in [6.45, 7) is 10.5. The molecule has 0 bridgehead atoms. The lowest BCUT2D eigenvalue weighted by Gasteiger charge is -2.73. The van der Waals surface area contributed by atoms with Crippen LogP contribution in [0.2, 0.25) is 0 Å². The van der Waals surface area contributed by atoms with Crippen molar-refractivity contribution in [2.24, 2.45) is 62.1 Å². The monoisotopic (exact) mass is 868 g/mol. The summed E-state index contributed by atoms with van der Waals surface area (Å²) in [4.78, 5) is 34.9. The minimum atomic E-state index is -1.59. The van der Waals surface area contributed by atoms with Crippen molar-refractivity contribution in [1.82, 2.24) is 15.3 Å². The summed E-state index contributed by atoms with van der Waals surface area (Å²) >= 11 is 0. The fourth-order valence-electron chi connectivity index (χ4n) is 16.7. The fraction of sp³-hybridized carbons (Fsp3) is 0.854. The van der Waals surface area contributed by atoms with Gasteiger partial charge in [-0.15, -0.1) is 0 Å². The molecule has 14 heteroatoms. The molecule has 62 heavy (non-hydrogen) atoms. The van der Waals surface area contributed by atoms with Crippen LogP contribution in [0.15, 0.2) is 24.2 Å². The third-order valence-corrected chi connectivity index (χ3v) is 20.4. The van der Waals surface area contributed by atoms with E-state index in [2.05, 4.69) is 49.1 Å². The lowest BCUT2D eigenvalue weighted by Crippen LogP contribution is -2.72. The molecule has 0 aromatic carbocycles. The number of aromatic nitrogens is 2. The molecule has 5 saturated carbocycles. The minimum absolute atomic E-state index is 0.00896. The van der Waals surface area contributed by atoms with Gasteiger partial charge in [-0.1, -0.05) is 59.1 Å². The molecule has 18 atom stereocenters. The van der Waals surface area contributed by atoms with Gasteiger partial charge in [0.15, 0.2) is 6.29 Å². The van der Waals surface area contributed by atoms with Gasteiger partial charge in [0, 0.05) is 41.8 Å². The molecule has 1 aromatic rings. The molecule has 3 heterocycles. The Morgan fingerprint density at radius 2 is 1.65 bits per heavy atom. The Bertz CT molecular complexity index is 1910. The van der Waals surface area contributed by atoms with E-state index in [-0.39, 0.29) is 77.1 Å². The molecule has 0 spiro atoms. The molecule has 1 amide bonds. The summed E-state index contributed by atoms with van der Waals surface area (Å²) in [7, 11) is 0. The van der Waals surface area contributed by atoms with Crippen LogP contribution in [-0.2, 0) is 24.5 Å². The highest BCUT2D eigenvalue weighted by atomic mass is 16.7.